The van der Waals surface area contributed by atoms with Crippen molar-refractivity contribution < 1.29 is 13.5 Å². The molecule has 0 N–H and O–H groups in total. The molecule has 138 valence electrons. The molecule has 1 aliphatic heterocycles. The highest BCUT2D eigenvalue weighted by Crippen LogP contribution is 2.33. The molecule has 0 unspecified atom stereocenters. The molecule has 2 heterocycles. The highest BCUT2D eigenvalue weighted by Gasteiger charge is 2.21. The van der Waals surface area contributed by atoms with Crippen LogP contribution in [-0.4, -0.2) is 50.2 Å². The van der Waals surface area contributed by atoms with Gasteiger partial charge in [0.1, 0.15) is 11.8 Å². The van der Waals surface area contributed by atoms with Crippen molar-refractivity contribution in [2.45, 2.75) is 19.5 Å². The van der Waals surface area contributed by atoms with Gasteiger partial charge in [-0.15, -0.1) is 0 Å². The number of aromatic nitrogens is 1. The van der Waals surface area contributed by atoms with Crippen LogP contribution in [0.4, 0.5) is 14.5 Å². The van der Waals surface area contributed by atoms with E-state index in [1.807, 2.05) is 11.9 Å². The molecule has 0 bridgehead atoms. The maximum absolute atomic E-state index is 12.6. The lowest BCUT2D eigenvalue weighted by molar-refractivity contribution is -0.0497. The molecular weight excluding hydrogens is 338 g/mol. The molecule has 1 aromatic carbocycles. The summed E-state index contributed by atoms with van der Waals surface area (Å²) in [7, 11) is 4.06. The maximum atomic E-state index is 12.6. The molecule has 1 saturated heterocycles. The molecule has 2 aromatic rings. The third-order valence-electron chi connectivity index (χ3n) is 4.91. The van der Waals surface area contributed by atoms with E-state index >= 15 is 0 Å². The number of hydrogen-bond acceptors (Lipinski definition) is 5. The SMILES string of the molecule is CN1CCC(CN(C)c2c(C#N)cnc3ccc(OC(F)F)cc23)CC1. The van der Waals surface area contributed by atoms with E-state index in [2.05, 4.69) is 27.7 Å². The number of nitriles is 1. The fourth-order valence-corrected chi connectivity index (χ4v) is 3.55. The maximum Gasteiger partial charge on any atom is 0.387 e. The van der Waals surface area contributed by atoms with E-state index in [9.17, 15) is 14.0 Å². The van der Waals surface area contributed by atoms with Gasteiger partial charge >= 0.3 is 6.61 Å². The molecule has 0 amide bonds. The van der Waals surface area contributed by atoms with E-state index in [0.717, 1.165) is 38.2 Å². The first-order valence-corrected chi connectivity index (χ1v) is 8.65. The summed E-state index contributed by atoms with van der Waals surface area (Å²) < 4.78 is 29.6. The van der Waals surface area contributed by atoms with Crippen molar-refractivity contribution in [3.05, 3.63) is 30.0 Å². The van der Waals surface area contributed by atoms with Crippen LogP contribution >= 0.6 is 0 Å². The first kappa shape index (κ1) is 18.3. The van der Waals surface area contributed by atoms with Crippen LogP contribution in [-0.2, 0) is 0 Å². The van der Waals surface area contributed by atoms with Crippen molar-refractivity contribution in [1.29, 1.82) is 5.26 Å². The van der Waals surface area contributed by atoms with Gasteiger partial charge < -0.3 is 14.5 Å². The van der Waals surface area contributed by atoms with Crippen LogP contribution in [0.3, 0.4) is 0 Å². The van der Waals surface area contributed by atoms with Crippen LogP contribution in [0, 0.1) is 17.2 Å². The second kappa shape index (κ2) is 7.83. The summed E-state index contributed by atoms with van der Waals surface area (Å²) in [4.78, 5) is 8.63. The molecule has 0 atom stereocenters. The Hall–Kier alpha value is -2.46. The molecule has 0 aliphatic carbocycles. The van der Waals surface area contributed by atoms with Gasteiger partial charge in [0.05, 0.1) is 16.8 Å². The number of likely N-dealkylation sites (tertiary alicyclic amines) is 1. The summed E-state index contributed by atoms with van der Waals surface area (Å²) in [6.07, 6.45) is 3.74. The van der Waals surface area contributed by atoms with Gasteiger partial charge in [0.25, 0.3) is 0 Å². The number of piperidine rings is 1. The molecule has 1 aromatic heterocycles. The Kier molecular flexibility index (Phi) is 5.52. The largest absolute Gasteiger partial charge is 0.435 e. The molecule has 0 radical (unpaired) electrons. The molecule has 1 fully saturated rings. The minimum absolute atomic E-state index is 0.0679. The lowest BCUT2D eigenvalue weighted by atomic mass is 9.96. The van der Waals surface area contributed by atoms with Crippen LogP contribution in [0.1, 0.15) is 18.4 Å². The summed E-state index contributed by atoms with van der Waals surface area (Å²) in [6, 6.07) is 6.82. The fraction of sp³-hybridized carbons (Fsp3) is 0.474. The molecule has 7 heteroatoms. The topological polar surface area (TPSA) is 52.4 Å². The van der Waals surface area contributed by atoms with Crippen LogP contribution in [0.5, 0.6) is 5.75 Å². The minimum atomic E-state index is -2.89. The number of halogens is 2. The number of benzene rings is 1. The van der Waals surface area contributed by atoms with Crippen molar-refractivity contribution in [3.8, 4) is 11.8 Å². The Morgan fingerprint density at radius 2 is 2.12 bits per heavy atom. The van der Waals surface area contributed by atoms with Crippen LogP contribution < -0.4 is 9.64 Å². The average Bonchev–Trinajstić information content (AvgIpc) is 2.62. The number of hydrogen-bond donors (Lipinski definition) is 0. The van der Waals surface area contributed by atoms with E-state index in [0.29, 0.717) is 22.4 Å². The van der Waals surface area contributed by atoms with Crippen LogP contribution in [0.25, 0.3) is 10.9 Å². The van der Waals surface area contributed by atoms with Gasteiger partial charge in [-0.2, -0.15) is 14.0 Å². The monoisotopic (exact) mass is 360 g/mol. The van der Waals surface area contributed by atoms with Crippen LogP contribution in [0.15, 0.2) is 24.4 Å². The summed E-state index contributed by atoms with van der Waals surface area (Å²) in [5, 5.41) is 10.2. The van der Waals surface area contributed by atoms with Gasteiger partial charge in [0.15, 0.2) is 0 Å². The van der Waals surface area contributed by atoms with E-state index in [4.69, 9.17) is 0 Å². The second-order valence-electron chi connectivity index (χ2n) is 6.82. The van der Waals surface area contributed by atoms with Crippen molar-refractivity contribution in [1.82, 2.24) is 9.88 Å². The standard InChI is InChI=1S/C19H22F2N4O/c1-24-7-5-13(6-8-24)12-25(2)18-14(10-22)11-23-17-4-3-15(9-16(17)18)26-19(20)21/h3-4,9,11,13,19H,5-8,12H2,1-2H3. The number of nitrogens with zero attached hydrogens (tertiary/aromatic N) is 4. The Labute approximate surface area is 151 Å². The minimum Gasteiger partial charge on any atom is -0.435 e. The third-order valence-corrected chi connectivity index (χ3v) is 4.91. The predicted molar refractivity (Wildman–Crippen MR) is 96.6 cm³/mol. The molecule has 0 saturated carbocycles. The molecule has 3 rings (SSSR count). The number of anilines is 1. The lowest BCUT2D eigenvalue weighted by Crippen LogP contribution is -2.36. The highest BCUT2D eigenvalue weighted by atomic mass is 19.3. The van der Waals surface area contributed by atoms with Crippen molar-refractivity contribution in [2.24, 2.45) is 5.92 Å². The first-order valence-electron chi connectivity index (χ1n) is 8.65. The van der Waals surface area contributed by atoms with E-state index < -0.39 is 6.61 Å². The number of pyridine rings is 1. The van der Waals surface area contributed by atoms with Gasteiger partial charge in [-0.25, -0.2) is 0 Å². The van der Waals surface area contributed by atoms with Crippen molar-refractivity contribution in [3.63, 3.8) is 0 Å². The van der Waals surface area contributed by atoms with Crippen molar-refractivity contribution >= 4 is 16.6 Å². The molecule has 1 aliphatic rings. The fourth-order valence-electron chi connectivity index (χ4n) is 3.55. The summed E-state index contributed by atoms with van der Waals surface area (Å²) in [5.74, 6) is 0.602. The number of rotatable bonds is 5. The smallest absolute Gasteiger partial charge is 0.387 e. The first-order chi connectivity index (χ1) is 12.5. The lowest BCUT2D eigenvalue weighted by Gasteiger charge is -2.33. The van der Waals surface area contributed by atoms with Gasteiger partial charge in [-0.05, 0) is 57.1 Å². The number of ether oxygens (including phenoxy) is 1. The van der Waals surface area contributed by atoms with Gasteiger partial charge in [0, 0.05) is 25.2 Å². The zero-order valence-electron chi connectivity index (χ0n) is 15.0. The Morgan fingerprint density at radius 1 is 1.38 bits per heavy atom. The zero-order valence-corrected chi connectivity index (χ0v) is 15.0. The average molecular weight is 360 g/mol. The van der Waals surface area contributed by atoms with Gasteiger partial charge in [0.2, 0.25) is 0 Å². The molecule has 0 spiro atoms. The number of alkyl halides is 2. The Bertz CT molecular complexity index is 813. The summed E-state index contributed by atoms with van der Waals surface area (Å²) in [6.45, 7) is 0.0434. The molecular formula is C19H22F2N4O. The van der Waals surface area contributed by atoms with Gasteiger partial charge in [-0.3, -0.25) is 4.98 Å². The molecule has 5 nitrogen and oxygen atoms in total. The Morgan fingerprint density at radius 3 is 2.77 bits per heavy atom. The van der Waals surface area contributed by atoms with Crippen LogP contribution in [0.2, 0.25) is 0 Å². The van der Waals surface area contributed by atoms with Gasteiger partial charge in [-0.1, -0.05) is 0 Å². The summed E-state index contributed by atoms with van der Waals surface area (Å²) >= 11 is 0. The predicted octanol–water partition coefficient (Wildman–Crippen LogP) is 3.49. The zero-order chi connectivity index (χ0) is 18.7. The quantitative estimate of drug-likeness (QED) is 0.817. The van der Waals surface area contributed by atoms with E-state index in [-0.39, 0.29) is 5.75 Å². The highest BCUT2D eigenvalue weighted by molar-refractivity contribution is 5.95. The van der Waals surface area contributed by atoms with E-state index in [1.165, 1.54) is 18.3 Å². The summed E-state index contributed by atoms with van der Waals surface area (Å²) in [5.41, 5.74) is 1.80. The van der Waals surface area contributed by atoms with E-state index in [1.54, 1.807) is 6.07 Å². The Balaban J connectivity index is 1.94. The second-order valence-corrected chi connectivity index (χ2v) is 6.82. The normalized spacial score (nSPS) is 16.0. The molecule has 26 heavy (non-hydrogen) atoms. The number of fused-ring (bicyclic) bond motifs is 1. The third kappa shape index (κ3) is 4.02. The van der Waals surface area contributed by atoms with Crippen molar-refractivity contribution in [2.75, 3.05) is 38.6 Å².